The van der Waals surface area contributed by atoms with Crippen LogP contribution in [0.15, 0.2) is 133 Å². The van der Waals surface area contributed by atoms with Gasteiger partial charge in [0.1, 0.15) is 16.5 Å². The van der Waals surface area contributed by atoms with Crippen LogP contribution in [0.3, 0.4) is 0 Å². The third kappa shape index (κ3) is 3.79. The topological polar surface area (TPSA) is 35.0 Å². The predicted octanol–water partition coefficient (Wildman–Crippen LogP) is 9.02. The average Bonchev–Trinajstić information content (AvgIpc) is 3.54. The van der Waals surface area contributed by atoms with Crippen molar-refractivity contribution in [2.45, 2.75) is 24.7 Å². The van der Waals surface area contributed by atoms with Crippen LogP contribution in [0.5, 0.6) is 11.5 Å². The van der Waals surface area contributed by atoms with E-state index in [9.17, 15) is 0 Å². The zero-order valence-corrected chi connectivity index (χ0v) is 23.2. The van der Waals surface area contributed by atoms with E-state index in [1.54, 1.807) is 11.3 Å². The molecule has 40 heavy (non-hydrogen) atoms. The van der Waals surface area contributed by atoms with Crippen molar-refractivity contribution in [2.75, 3.05) is 0 Å². The molecule has 0 N–H and O–H groups in total. The van der Waals surface area contributed by atoms with Crippen molar-refractivity contribution >= 4 is 11.3 Å². The SMILES string of the molecule is CC1(C)c2ccccc2C(c2cccc(Oc3cccc(-c4nccs4)c3)c2)(c2ccccn2)c2ccccc21. The number of benzene rings is 4. The molecular weight excluding hydrogens is 508 g/mol. The number of nitrogens with zero attached hydrogens (tertiary/aromatic N) is 2. The first kappa shape index (κ1) is 24.5. The van der Waals surface area contributed by atoms with Gasteiger partial charge in [-0.05, 0) is 64.2 Å². The summed E-state index contributed by atoms with van der Waals surface area (Å²) >= 11 is 1.62. The van der Waals surface area contributed by atoms with Gasteiger partial charge < -0.3 is 4.74 Å². The zero-order chi connectivity index (χ0) is 27.2. The Kier molecular flexibility index (Phi) is 5.87. The number of hydrogen-bond donors (Lipinski definition) is 0. The summed E-state index contributed by atoms with van der Waals surface area (Å²) in [7, 11) is 0. The first-order valence-corrected chi connectivity index (χ1v) is 14.4. The van der Waals surface area contributed by atoms with E-state index < -0.39 is 5.41 Å². The summed E-state index contributed by atoms with van der Waals surface area (Å²) in [6.45, 7) is 4.64. The monoisotopic (exact) mass is 536 g/mol. The van der Waals surface area contributed by atoms with Gasteiger partial charge in [0.2, 0.25) is 0 Å². The fourth-order valence-corrected chi connectivity index (χ4v) is 6.94. The van der Waals surface area contributed by atoms with E-state index in [-0.39, 0.29) is 5.41 Å². The minimum Gasteiger partial charge on any atom is -0.457 e. The zero-order valence-electron chi connectivity index (χ0n) is 22.4. The van der Waals surface area contributed by atoms with Gasteiger partial charge in [0, 0.05) is 28.8 Å². The van der Waals surface area contributed by atoms with Crippen molar-refractivity contribution in [1.29, 1.82) is 0 Å². The molecule has 0 spiro atoms. The van der Waals surface area contributed by atoms with Gasteiger partial charge in [0.15, 0.2) is 0 Å². The largest absolute Gasteiger partial charge is 0.457 e. The standard InChI is InChI=1S/C36H28N2OS/c1-35(2)29-15-3-5-17-31(29)36(33-19-7-8-20-37-33,32-18-6-4-16-30(32)35)26-12-10-14-28(24-26)39-27-13-9-11-25(23-27)34-38-21-22-40-34/h3-24H,1-2H3. The highest BCUT2D eigenvalue weighted by atomic mass is 32.1. The molecule has 0 atom stereocenters. The van der Waals surface area contributed by atoms with E-state index in [4.69, 9.17) is 9.72 Å². The average molecular weight is 537 g/mol. The summed E-state index contributed by atoms with van der Waals surface area (Å²) in [4.78, 5) is 9.47. The Bertz CT molecular complexity index is 1760. The maximum absolute atomic E-state index is 6.50. The van der Waals surface area contributed by atoms with Gasteiger partial charge in [-0.1, -0.05) is 92.7 Å². The van der Waals surface area contributed by atoms with Crippen molar-refractivity contribution in [3.63, 3.8) is 0 Å². The summed E-state index contributed by atoms with van der Waals surface area (Å²) in [6, 6.07) is 40.5. The molecule has 1 aliphatic rings. The second-order valence-electron chi connectivity index (χ2n) is 10.7. The van der Waals surface area contributed by atoms with E-state index in [2.05, 4.69) is 104 Å². The third-order valence-corrected chi connectivity index (χ3v) is 8.90. The minimum absolute atomic E-state index is 0.157. The van der Waals surface area contributed by atoms with Gasteiger partial charge >= 0.3 is 0 Å². The second-order valence-corrected chi connectivity index (χ2v) is 11.6. The van der Waals surface area contributed by atoms with Crippen LogP contribution in [0.4, 0.5) is 0 Å². The highest BCUT2D eigenvalue weighted by molar-refractivity contribution is 7.13. The summed E-state index contributed by atoms with van der Waals surface area (Å²) in [5.41, 5.74) is 7.51. The molecule has 0 unspecified atom stereocenters. The number of hydrogen-bond acceptors (Lipinski definition) is 4. The Morgan fingerprint density at radius 2 is 1.25 bits per heavy atom. The lowest BCUT2D eigenvalue weighted by molar-refractivity contribution is 0.480. The molecule has 7 rings (SSSR count). The molecule has 2 heterocycles. The molecule has 0 fully saturated rings. The van der Waals surface area contributed by atoms with E-state index in [1.807, 2.05) is 48.1 Å². The Hall–Kier alpha value is -4.54. The van der Waals surface area contributed by atoms with E-state index in [0.717, 1.165) is 33.3 Å². The van der Waals surface area contributed by atoms with Crippen molar-refractivity contribution < 1.29 is 4.74 Å². The molecule has 1 aliphatic carbocycles. The first-order chi connectivity index (χ1) is 19.6. The number of aromatic nitrogens is 2. The maximum Gasteiger partial charge on any atom is 0.128 e. The van der Waals surface area contributed by atoms with Gasteiger partial charge in [0.05, 0.1) is 11.1 Å². The molecule has 0 bridgehead atoms. The van der Waals surface area contributed by atoms with Gasteiger partial charge in [-0.25, -0.2) is 4.98 Å². The van der Waals surface area contributed by atoms with Gasteiger partial charge in [-0.3, -0.25) is 4.98 Å². The lowest BCUT2D eigenvalue weighted by Gasteiger charge is -2.47. The number of rotatable bonds is 5. The molecule has 194 valence electrons. The van der Waals surface area contributed by atoms with Crippen LogP contribution in [0.2, 0.25) is 0 Å². The highest BCUT2D eigenvalue weighted by Gasteiger charge is 2.49. The maximum atomic E-state index is 6.50. The molecule has 0 saturated heterocycles. The summed E-state index contributed by atoms with van der Waals surface area (Å²) < 4.78 is 6.50. The lowest BCUT2D eigenvalue weighted by Crippen LogP contribution is -2.42. The van der Waals surface area contributed by atoms with Gasteiger partial charge in [0.25, 0.3) is 0 Å². The normalized spacial score (nSPS) is 14.7. The molecule has 0 amide bonds. The van der Waals surface area contributed by atoms with Crippen molar-refractivity contribution in [2.24, 2.45) is 0 Å². The molecule has 6 aromatic rings. The fraction of sp³-hybridized carbons (Fsp3) is 0.111. The van der Waals surface area contributed by atoms with Crippen LogP contribution in [0.25, 0.3) is 10.6 Å². The van der Waals surface area contributed by atoms with Crippen LogP contribution in [0.1, 0.15) is 47.4 Å². The number of pyridine rings is 1. The summed E-state index contributed by atoms with van der Waals surface area (Å²) in [5.74, 6) is 1.56. The van der Waals surface area contributed by atoms with Crippen LogP contribution in [-0.2, 0) is 10.8 Å². The number of ether oxygens (including phenoxy) is 1. The van der Waals surface area contributed by atoms with Gasteiger partial charge in [-0.2, -0.15) is 0 Å². The number of thiazole rings is 1. The van der Waals surface area contributed by atoms with Crippen LogP contribution >= 0.6 is 11.3 Å². The summed E-state index contributed by atoms with van der Waals surface area (Å²) in [5, 5.41) is 2.97. The van der Waals surface area contributed by atoms with E-state index >= 15 is 0 Å². The molecular formula is C36H28N2OS. The molecule has 4 aromatic carbocycles. The fourth-order valence-electron chi connectivity index (χ4n) is 6.31. The smallest absolute Gasteiger partial charge is 0.128 e. The molecule has 0 radical (unpaired) electrons. The first-order valence-electron chi connectivity index (χ1n) is 13.5. The Balaban J connectivity index is 1.44. The Labute approximate surface area is 238 Å². The van der Waals surface area contributed by atoms with E-state index in [1.165, 1.54) is 22.3 Å². The molecule has 0 aliphatic heterocycles. The van der Waals surface area contributed by atoms with Crippen LogP contribution in [-0.4, -0.2) is 9.97 Å². The van der Waals surface area contributed by atoms with Crippen LogP contribution < -0.4 is 4.74 Å². The quantitative estimate of drug-likeness (QED) is 0.220. The second kappa shape index (κ2) is 9.58. The predicted molar refractivity (Wildman–Crippen MR) is 162 cm³/mol. The van der Waals surface area contributed by atoms with Crippen molar-refractivity contribution in [1.82, 2.24) is 9.97 Å². The minimum atomic E-state index is -0.605. The molecule has 2 aromatic heterocycles. The summed E-state index contributed by atoms with van der Waals surface area (Å²) in [6.07, 6.45) is 3.72. The number of fused-ring (bicyclic) bond motifs is 2. The Morgan fingerprint density at radius 3 is 1.90 bits per heavy atom. The highest BCUT2D eigenvalue weighted by Crippen LogP contribution is 2.55. The lowest BCUT2D eigenvalue weighted by atomic mass is 9.55. The van der Waals surface area contributed by atoms with Crippen molar-refractivity contribution in [3.05, 3.63) is 167 Å². The third-order valence-electron chi connectivity index (χ3n) is 8.07. The van der Waals surface area contributed by atoms with Gasteiger partial charge in [-0.15, -0.1) is 11.3 Å². The molecule has 3 nitrogen and oxygen atoms in total. The van der Waals surface area contributed by atoms with Crippen LogP contribution in [0, 0.1) is 0 Å². The van der Waals surface area contributed by atoms with Crippen molar-refractivity contribution in [3.8, 4) is 22.1 Å². The molecule has 0 saturated carbocycles. The molecule has 4 heteroatoms. The Morgan fingerprint density at radius 1 is 0.600 bits per heavy atom. The van der Waals surface area contributed by atoms with E-state index in [0.29, 0.717) is 0 Å².